The average Bonchev–Trinajstić information content (AvgIpc) is 2.85. The van der Waals surface area contributed by atoms with Crippen molar-refractivity contribution in [2.75, 3.05) is 14.2 Å². The van der Waals surface area contributed by atoms with Gasteiger partial charge in [0.25, 0.3) is 0 Å². The summed E-state index contributed by atoms with van der Waals surface area (Å²) < 4.78 is 10.6. The molecule has 120 valence electrons. The number of esters is 1. The maximum absolute atomic E-state index is 12.3. The second kappa shape index (κ2) is 6.36. The molecular formula is C16H19Cl2NO3. The summed E-state index contributed by atoms with van der Waals surface area (Å²) >= 11 is 12.2. The Kier molecular flexibility index (Phi) is 4.64. The largest absolute Gasteiger partial charge is 0.469 e. The third kappa shape index (κ3) is 2.73. The van der Waals surface area contributed by atoms with Crippen LogP contribution in [0.1, 0.15) is 24.3 Å². The molecular weight excluding hydrogens is 325 g/mol. The van der Waals surface area contributed by atoms with E-state index in [1.165, 1.54) is 7.11 Å². The van der Waals surface area contributed by atoms with Gasteiger partial charge in [0.15, 0.2) is 0 Å². The quantitative estimate of drug-likeness (QED) is 0.857. The Morgan fingerprint density at radius 1 is 1.18 bits per heavy atom. The Hall–Kier alpha value is -0.810. The maximum atomic E-state index is 12.3. The number of carbonyl (C=O) groups is 1. The molecule has 0 aromatic heterocycles. The van der Waals surface area contributed by atoms with Crippen molar-refractivity contribution in [1.82, 2.24) is 5.32 Å². The Morgan fingerprint density at radius 2 is 1.95 bits per heavy atom. The molecule has 0 saturated carbocycles. The van der Waals surface area contributed by atoms with Crippen LogP contribution in [-0.4, -0.2) is 38.4 Å². The molecule has 3 rings (SSSR count). The number of benzene rings is 1. The fourth-order valence-electron chi connectivity index (χ4n) is 3.85. The second-order valence-electron chi connectivity index (χ2n) is 5.95. The minimum Gasteiger partial charge on any atom is -0.469 e. The summed E-state index contributed by atoms with van der Waals surface area (Å²) in [6.45, 7) is 0. The van der Waals surface area contributed by atoms with Gasteiger partial charge in [0, 0.05) is 25.1 Å². The van der Waals surface area contributed by atoms with Gasteiger partial charge in [-0.1, -0.05) is 29.3 Å². The molecule has 2 bridgehead atoms. The number of nitrogens with one attached hydrogen (secondary N) is 1. The van der Waals surface area contributed by atoms with E-state index in [0.29, 0.717) is 10.0 Å². The number of methoxy groups -OCH3 is 2. The lowest BCUT2D eigenvalue weighted by molar-refractivity contribution is -0.148. The number of fused-ring (bicyclic) bond motifs is 2. The number of rotatable bonds is 3. The third-order valence-electron chi connectivity index (χ3n) is 4.89. The van der Waals surface area contributed by atoms with Crippen LogP contribution in [0.3, 0.4) is 0 Å². The molecule has 22 heavy (non-hydrogen) atoms. The molecule has 0 aliphatic carbocycles. The second-order valence-corrected chi connectivity index (χ2v) is 6.77. The molecule has 1 N–H and O–H groups in total. The molecule has 0 spiro atoms. The molecule has 0 amide bonds. The highest BCUT2D eigenvalue weighted by atomic mass is 35.5. The van der Waals surface area contributed by atoms with Crippen molar-refractivity contribution in [2.24, 2.45) is 5.92 Å². The minimum absolute atomic E-state index is 0.0543. The zero-order valence-corrected chi connectivity index (χ0v) is 14.0. The number of ether oxygens (including phenoxy) is 2. The third-order valence-corrected chi connectivity index (χ3v) is 5.62. The van der Waals surface area contributed by atoms with Gasteiger partial charge in [0.1, 0.15) is 0 Å². The van der Waals surface area contributed by atoms with Crippen molar-refractivity contribution in [2.45, 2.75) is 36.9 Å². The molecule has 2 aliphatic rings. The first-order valence-electron chi connectivity index (χ1n) is 7.36. The molecule has 2 fully saturated rings. The molecule has 6 heteroatoms. The fourth-order valence-corrected chi connectivity index (χ4v) is 4.15. The van der Waals surface area contributed by atoms with Crippen LogP contribution in [0.25, 0.3) is 0 Å². The van der Waals surface area contributed by atoms with Crippen molar-refractivity contribution in [3.8, 4) is 0 Å². The maximum Gasteiger partial charge on any atom is 0.310 e. The normalized spacial score (nSPS) is 33.7. The monoisotopic (exact) mass is 343 g/mol. The molecule has 4 nitrogen and oxygen atoms in total. The van der Waals surface area contributed by atoms with E-state index in [1.807, 2.05) is 12.1 Å². The Labute approximate surface area is 140 Å². The van der Waals surface area contributed by atoms with Gasteiger partial charge < -0.3 is 14.8 Å². The van der Waals surface area contributed by atoms with E-state index in [4.69, 9.17) is 32.7 Å². The lowest BCUT2D eigenvalue weighted by Crippen LogP contribution is -2.49. The van der Waals surface area contributed by atoms with Gasteiger partial charge in [-0.2, -0.15) is 0 Å². The molecule has 2 heterocycles. The lowest BCUT2D eigenvalue weighted by Gasteiger charge is -2.36. The number of hydrogen-bond donors (Lipinski definition) is 1. The first-order valence-corrected chi connectivity index (χ1v) is 8.12. The topological polar surface area (TPSA) is 47.6 Å². The zero-order chi connectivity index (χ0) is 15.9. The first-order chi connectivity index (χ1) is 10.5. The van der Waals surface area contributed by atoms with Crippen molar-refractivity contribution in [1.29, 1.82) is 0 Å². The fraction of sp³-hybridized carbons (Fsp3) is 0.562. The zero-order valence-electron chi connectivity index (χ0n) is 12.5. The predicted octanol–water partition coefficient (Wildman–Crippen LogP) is 3.02. The lowest BCUT2D eigenvalue weighted by atomic mass is 9.77. The van der Waals surface area contributed by atoms with Gasteiger partial charge in [0.05, 0.1) is 29.2 Å². The van der Waals surface area contributed by atoms with Crippen molar-refractivity contribution in [3.05, 3.63) is 33.8 Å². The Balaban J connectivity index is 1.96. The van der Waals surface area contributed by atoms with Crippen molar-refractivity contribution >= 4 is 29.2 Å². The van der Waals surface area contributed by atoms with E-state index in [2.05, 4.69) is 5.32 Å². The van der Waals surface area contributed by atoms with Crippen LogP contribution in [0.5, 0.6) is 0 Å². The van der Waals surface area contributed by atoms with Crippen molar-refractivity contribution in [3.63, 3.8) is 0 Å². The van der Waals surface area contributed by atoms with E-state index in [1.54, 1.807) is 13.2 Å². The summed E-state index contributed by atoms with van der Waals surface area (Å²) in [6.07, 6.45) is 1.76. The van der Waals surface area contributed by atoms with Crippen LogP contribution in [0, 0.1) is 5.92 Å². The highest BCUT2D eigenvalue weighted by molar-refractivity contribution is 6.42. The Morgan fingerprint density at radius 3 is 2.59 bits per heavy atom. The molecule has 1 aromatic carbocycles. The van der Waals surface area contributed by atoms with Gasteiger partial charge in [-0.3, -0.25) is 4.79 Å². The van der Waals surface area contributed by atoms with Gasteiger partial charge in [-0.05, 0) is 30.5 Å². The molecule has 1 aromatic rings. The van der Waals surface area contributed by atoms with Gasteiger partial charge >= 0.3 is 5.97 Å². The number of hydrogen-bond acceptors (Lipinski definition) is 4. The van der Waals surface area contributed by atoms with Crippen LogP contribution in [0.15, 0.2) is 18.2 Å². The highest BCUT2D eigenvalue weighted by Gasteiger charge is 2.50. The van der Waals surface area contributed by atoms with Crippen LogP contribution < -0.4 is 5.32 Å². The summed E-state index contributed by atoms with van der Waals surface area (Å²) in [5.41, 5.74) is 1.03. The molecule has 2 saturated heterocycles. The van der Waals surface area contributed by atoms with E-state index in [0.717, 1.165) is 18.4 Å². The SMILES string of the molecule is COC(=O)C1C2CC(OC)C(CC1c1ccc(Cl)c(Cl)c1)N2. The van der Waals surface area contributed by atoms with Gasteiger partial charge in [0.2, 0.25) is 0 Å². The molecule has 2 aliphatic heterocycles. The summed E-state index contributed by atoms with van der Waals surface area (Å²) in [5, 5.41) is 4.53. The van der Waals surface area contributed by atoms with E-state index < -0.39 is 0 Å². The van der Waals surface area contributed by atoms with E-state index in [-0.39, 0.29) is 36.0 Å². The summed E-state index contributed by atoms with van der Waals surface area (Å²) in [6, 6.07) is 5.90. The van der Waals surface area contributed by atoms with E-state index >= 15 is 0 Å². The minimum atomic E-state index is -0.237. The smallest absolute Gasteiger partial charge is 0.310 e. The van der Waals surface area contributed by atoms with Crippen LogP contribution in [-0.2, 0) is 14.3 Å². The highest BCUT2D eigenvalue weighted by Crippen LogP contribution is 2.44. The van der Waals surface area contributed by atoms with Gasteiger partial charge in [-0.25, -0.2) is 0 Å². The van der Waals surface area contributed by atoms with Gasteiger partial charge in [-0.15, -0.1) is 0 Å². The number of piperidine rings is 1. The number of halogens is 2. The van der Waals surface area contributed by atoms with Crippen LogP contribution in [0.4, 0.5) is 0 Å². The number of carbonyl (C=O) groups excluding carboxylic acids is 1. The Bertz CT molecular complexity index is 581. The van der Waals surface area contributed by atoms with Crippen LogP contribution >= 0.6 is 23.2 Å². The molecule has 5 unspecified atom stereocenters. The van der Waals surface area contributed by atoms with Crippen molar-refractivity contribution < 1.29 is 14.3 Å². The predicted molar refractivity (Wildman–Crippen MR) is 85.5 cm³/mol. The van der Waals surface area contributed by atoms with E-state index in [9.17, 15) is 4.79 Å². The first kappa shape index (κ1) is 16.1. The summed E-state index contributed by atoms with van der Waals surface area (Å²) in [5.74, 6) is -0.374. The standard InChI is InChI=1S/C16H19Cl2NO3/c1-21-14-7-13-15(16(20)22-2)9(6-12(14)19-13)8-3-4-10(17)11(18)5-8/h3-5,9,12-15,19H,6-7H2,1-2H3. The summed E-state index contributed by atoms with van der Waals surface area (Å²) in [7, 11) is 3.15. The van der Waals surface area contributed by atoms with Crippen LogP contribution in [0.2, 0.25) is 10.0 Å². The summed E-state index contributed by atoms with van der Waals surface area (Å²) in [4.78, 5) is 12.3. The molecule has 0 radical (unpaired) electrons. The average molecular weight is 344 g/mol. The molecule has 5 atom stereocenters.